The maximum atomic E-state index is 14.5. The van der Waals surface area contributed by atoms with Gasteiger partial charge in [0.15, 0.2) is 11.5 Å². The summed E-state index contributed by atoms with van der Waals surface area (Å²) in [6.07, 6.45) is 1.65. The third-order valence-corrected chi connectivity index (χ3v) is 5.96. The van der Waals surface area contributed by atoms with E-state index in [1.165, 1.54) is 6.07 Å². The number of benzene rings is 3. The second-order valence-electron chi connectivity index (χ2n) is 7.93. The molecular weight excluding hydrogens is 367 g/mol. The van der Waals surface area contributed by atoms with Gasteiger partial charge in [0.1, 0.15) is 11.6 Å². The topological polar surface area (TPSA) is 35.5 Å². The number of hydrogen-bond donors (Lipinski definition) is 0. The average molecular weight is 388 g/mol. The molecule has 0 amide bonds. The average Bonchev–Trinajstić information content (AvgIpc) is 3.40. The molecule has 2 aliphatic rings. The van der Waals surface area contributed by atoms with Crippen LogP contribution in [0.2, 0.25) is 0 Å². The zero-order valence-electron chi connectivity index (χ0n) is 16.2. The maximum absolute atomic E-state index is 14.5. The summed E-state index contributed by atoms with van der Waals surface area (Å²) in [4.78, 5) is 13.2. The van der Waals surface area contributed by atoms with Crippen LogP contribution in [0.15, 0.2) is 60.7 Å². The van der Waals surface area contributed by atoms with Gasteiger partial charge in [-0.2, -0.15) is 0 Å². The Morgan fingerprint density at radius 2 is 1.76 bits per heavy atom. The molecule has 0 radical (unpaired) electrons. The first kappa shape index (κ1) is 17.9. The highest BCUT2D eigenvalue weighted by molar-refractivity contribution is 5.95. The van der Waals surface area contributed by atoms with Crippen LogP contribution in [0.5, 0.6) is 11.5 Å². The van der Waals surface area contributed by atoms with Gasteiger partial charge < -0.3 is 9.47 Å². The molecular formula is C25H21FO3. The van der Waals surface area contributed by atoms with Crippen molar-refractivity contribution in [3.05, 3.63) is 83.2 Å². The maximum Gasteiger partial charge on any atom is 0.231 e. The van der Waals surface area contributed by atoms with Gasteiger partial charge in [-0.3, -0.25) is 4.79 Å². The number of halogens is 1. The Balaban J connectivity index is 1.43. The lowest BCUT2D eigenvalue weighted by Crippen LogP contribution is -2.23. The number of rotatable bonds is 5. The minimum Gasteiger partial charge on any atom is -0.454 e. The molecule has 1 heterocycles. The first-order chi connectivity index (χ1) is 14.0. The van der Waals surface area contributed by atoms with Crippen molar-refractivity contribution in [3.63, 3.8) is 0 Å². The summed E-state index contributed by atoms with van der Waals surface area (Å²) in [5, 5.41) is 0. The normalized spacial score (nSPS) is 15.9. The molecule has 146 valence electrons. The summed E-state index contributed by atoms with van der Waals surface area (Å²) >= 11 is 0. The number of hydrogen-bond acceptors (Lipinski definition) is 3. The van der Waals surface area contributed by atoms with Crippen LogP contribution in [0, 0.1) is 12.7 Å². The zero-order valence-corrected chi connectivity index (χ0v) is 16.2. The predicted molar refractivity (Wildman–Crippen MR) is 109 cm³/mol. The van der Waals surface area contributed by atoms with Crippen LogP contribution >= 0.6 is 0 Å². The van der Waals surface area contributed by atoms with Gasteiger partial charge in [0, 0.05) is 6.42 Å². The number of aryl methyl sites for hydroxylation is 1. The van der Waals surface area contributed by atoms with Gasteiger partial charge in [-0.25, -0.2) is 4.39 Å². The molecule has 0 saturated heterocycles. The molecule has 0 atom stereocenters. The van der Waals surface area contributed by atoms with Crippen molar-refractivity contribution in [2.24, 2.45) is 0 Å². The molecule has 0 N–H and O–H groups in total. The Morgan fingerprint density at radius 1 is 0.966 bits per heavy atom. The van der Waals surface area contributed by atoms with Crippen LogP contribution in [0.1, 0.15) is 29.5 Å². The Hall–Kier alpha value is -3.14. The summed E-state index contributed by atoms with van der Waals surface area (Å²) in [6, 6.07) is 18.8. The van der Waals surface area contributed by atoms with Gasteiger partial charge in [-0.05, 0) is 66.3 Å². The Morgan fingerprint density at radius 3 is 2.55 bits per heavy atom. The van der Waals surface area contributed by atoms with Crippen LogP contribution < -0.4 is 9.47 Å². The summed E-state index contributed by atoms with van der Waals surface area (Å²) in [5.41, 5.74) is 3.93. The largest absolute Gasteiger partial charge is 0.454 e. The standard InChI is InChI=1S/C25H21FO3/c1-16-3-2-4-17(11-16)18-5-7-21(26)19(12-18)13-24(27)25(9-10-25)20-6-8-22-23(14-20)29-15-28-22/h2-8,11-12,14H,9-10,13,15H2,1H3. The van der Waals surface area contributed by atoms with E-state index in [4.69, 9.17) is 9.47 Å². The molecule has 1 fully saturated rings. The Bertz CT molecular complexity index is 1110. The van der Waals surface area contributed by atoms with Crippen molar-refractivity contribution in [3.8, 4) is 22.6 Å². The van der Waals surface area contributed by atoms with Crippen LogP contribution in [0.4, 0.5) is 4.39 Å². The molecule has 1 aliphatic carbocycles. The van der Waals surface area contributed by atoms with Gasteiger partial charge in [0.2, 0.25) is 6.79 Å². The smallest absolute Gasteiger partial charge is 0.231 e. The second kappa shape index (κ2) is 6.73. The van der Waals surface area contributed by atoms with Gasteiger partial charge in [-0.1, -0.05) is 42.0 Å². The second-order valence-corrected chi connectivity index (χ2v) is 7.93. The fourth-order valence-electron chi connectivity index (χ4n) is 4.10. The number of ketones is 1. The highest BCUT2D eigenvalue weighted by atomic mass is 19.1. The first-order valence-corrected chi connectivity index (χ1v) is 9.84. The van der Waals surface area contributed by atoms with Crippen molar-refractivity contribution >= 4 is 5.78 Å². The molecule has 3 nitrogen and oxygen atoms in total. The van der Waals surface area contributed by atoms with E-state index in [-0.39, 0.29) is 24.8 Å². The summed E-state index contributed by atoms with van der Waals surface area (Å²) < 4.78 is 25.4. The molecule has 3 aromatic carbocycles. The predicted octanol–water partition coefficient (Wildman–Crippen LogP) is 5.37. The molecule has 0 unspecified atom stereocenters. The van der Waals surface area contributed by atoms with Crippen molar-refractivity contribution in [2.45, 2.75) is 31.6 Å². The zero-order chi connectivity index (χ0) is 20.0. The molecule has 3 aromatic rings. The van der Waals surface area contributed by atoms with E-state index in [1.54, 1.807) is 12.1 Å². The molecule has 0 spiro atoms. The third-order valence-electron chi connectivity index (χ3n) is 5.96. The molecule has 29 heavy (non-hydrogen) atoms. The fourth-order valence-corrected chi connectivity index (χ4v) is 4.10. The van der Waals surface area contributed by atoms with E-state index in [9.17, 15) is 9.18 Å². The summed E-state index contributed by atoms with van der Waals surface area (Å²) in [5.74, 6) is 1.09. The molecule has 4 heteroatoms. The first-order valence-electron chi connectivity index (χ1n) is 9.84. The van der Waals surface area contributed by atoms with Gasteiger partial charge in [0.05, 0.1) is 5.41 Å². The molecule has 5 rings (SSSR count). The lowest BCUT2D eigenvalue weighted by atomic mass is 9.87. The van der Waals surface area contributed by atoms with E-state index in [2.05, 4.69) is 6.07 Å². The third kappa shape index (κ3) is 3.19. The molecule has 1 saturated carbocycles. The van der Waals surface area contributed by atoms with Gasteiger partial charge in [0.25, 0.3) is 0 Å². The Kier molecular flexibility index (Phi) is 4.16. The van der Waals surface area contributed by atoms with Crippen LogP contribution in [-0.4, -0.2) is 12.6 Å². The number of fused-ring (bicyclic) bond motifs is 1. The van der Waals surface area contributed by atoms with Crippen molar-refractivity contribution < 1.29 is 18.7 Å². The number of carbonyl (C=O) groups is 1. The molecule has 0 aromatic heterocycles. The number of ether oxygens (including phenoxy) is 2. The fraction of sp³-hybridized carbons (Fsp3) is 0.240. The minimum absolute atomic E-state index is 0.0525. The van der Waals surface area contributed by atoms with E-state index >= 15 is 0 Å². The summed E-state index contributed by atoms with van der Waals surface area (Å²) in [6.45, 7) is 2.23. The number of carbonyl (C=O) groups excluding carboxylic acids is 1. The van der Waals surface area contributed by atoms with Crippen molar-refractivity contribution in [1.82, 2.24) is 0 Å². The van der Waals surface area contributed by atoms with E-state index in [0.29, 0.717) is 17.1 Å². The lowest BCUT2D eigenvalue weighted by Gasteiger charge is -2.16. The highest BCUT2D eigenvalue weighted by Gasteiger charge is 2.51. The van der Waals surface area contributed by atoms with Crippen molar-refractivity contribution in [2.75, 3.05) is 6.79 Å². The van der Waals surface area contributed by atoms with Gasteiger partial charge in [-0.15, -0.1) is 0 Å². The van der Waals surface area contributed by atoms with E-state index in [1.807, 2.05) is 43.3 Å². The minimum atomic E-state index is -0.535. The SMILES string of the molecule is Cc1cccc(-c2ccc(F)c(CC(=O)C3(c4ccc5c(c4)OCO5)CC3)c2)c1. The lowest BCUT2D eigenvalue weighted by molar-refractivity contribution is -0.120. The van der Waals surface area contributed by atoms with E-state index < -0.39 is 5.41 Å². The monoisotopic (exact) mass is 388 g/mol. The van der Waals surface area contributed by atoms with Crippen LogP contribution in [0.3, 0.4) is 0 Å². The molecule has 1 aliphatic heterocycles. The van der Waals surface area contributed by atoms with Crippen molar-refractivity contribution in [1.29, 1.82) is 0 Å². The van der Waals surface area contributed by atoms with Crippen LogP contribution in [-0.2, 0) is 16.6 Å². The van der Waals surface area contributed by atoms with Gasteiger partial charge >= 0.3 is 0 Å². The summed E-state index contributed by atoms with van der Waals surface area (Å²) in [7, 11) is 0. The Labute approximate surface area is 169 Å². The molecule has 0 bridgehead atoms. The van der Waals surface area contributed by atoms with E-state index in [0.717, 1.165) is 35.1 Å². The number of Topliss-reactive ketones (excluding diaryl/α,β-unsaturated/α-hetero) is 1. The van der Waals surface area contributed by atoms with Crippen LogP contribution in [0.25, 0.3) is 11.1 Å². The highest BCUT2D eigenvalue weighted by Crippen LogP contribution is 2.51. The quantitative estimate of drug-likeness (QED) is 0.589.